The highest BCUT2D eigenvalue weighted by molar-refractivity contribution is 5.94. The van der Waals surface area contributed by atoms with E-state index < -0.39 is 5.97 Å². The second-order valence-corrected chi connectivity index (χ2v) is 5.49. The van der Waals surface area contributed by atoms with Gasteiger partial charge in [0.25, 0.3) is 0 Å². The van der Waals surface area contributed by atoms with E-state index >= 15 is 0 Å². The third-order valence-corrected chi connectivity index (χ3v) is 3.50. The number of amides is 1. The van der Waals surface area contributed by atoms with Gasteiger partial charge in [-0.05, 0) is 49.2 Å². The maximum atomic E-state index is 12.0. The first-order valence-corrected chi connectivity index (χ1v) is 7.68. The minimum atomic E-state index is -0.440. The number of nitrogens with one attached hydrogen (secondary N) is 1. The largest absolute Gasteiger partial charge is 0.493 e. The van der Waals surface area contributed by atoms with Gasteiger partial charge in [0, 0.05) is 5.69 Å². The lowest BCUT2D eigenvalue weighted by atomic mass is 10.1. The van der Waals surface area contributed by atoms with E-state index in [1.54, 1.807) is 24.3 Å². The zero-order valence-electron chi connectivity index (χ0n) is 14.1. The van der Waals surface area contributed by atoms with E-state index in [4.69, 9.17) is 4.74 Å². The van der Waals surface area contributed by atoms with E-state index in [2.05, 4.69) is 10.1 Å². The molecule has 126 valence electrons. The highest BCUT2D eigenvalue weighted by atomic mass is 16.5. The fraction of sp³-hybridized carbons (Fsp3) is 0.263. The van der Waals surface area contributed by atoms with Gasteiger partial charge in [0.2, 0.25) is 5.91 Å². The van der Waals surface area contributed by atoms with Crippen LogP contribution in [0.25, 0.3) is 0 Å². The van der Waals surface area contributed by atoms with Crippen molar-refractivity contribution in [1.82, 2.24) is 0 Å². The van der Waals surface area contributed by atoms with Gasteiger partial charge in [0.1, 0.15) is 5.75 Å². The molecule has 2 rings (SSSR count). The molecule has 0 saturated carbocycles. The molecule has 0 spiro atoms. The number of rotatable bonds is 6. The Morgan fingerprint density at radius 2 is 1.88 bits per heavy atom. The van der Waals surface area contributed by atoms with Gasteiger partial charge in [-0.2, -0.15) is 0 Å². The van der Waals surface area contributed by atoms with Crippen LogP contribution in [0, 0.1) is 13.8 Å². The van der Waals surface area contributed by atoms with E-state index in [1.165, 1.54) is 7.11 Å². The second-order valence-electron chi connectivity index (χ2n) is 5.49. The summed E-state index contributed by atoms with van der Waals surface area (Å²) in [6.45, 7) is 4.24. The Bertz CT molecular complexity index is 740. The maximum absolute atomic E-state index is 12.0. The molecule has 1 N–H and O–H groups in total. The highest BCUT2D eigenvalue weighted by Gasteiger charge is 2.08. The Morgan fingerprint density at radius 3 is 2.62 bits per heavy atom. The Kier molecular flexibility index (Phi) is 5.95. The van der Waals surface area contributed by atoms with Crippen molar-refractivity contribution in [2.45, 2.75) is 20.3 Å². The maximum Gasteiger partial charge on any atom is 0.337 e. The van der Waals surface area contributed by atoms with Gasteiger partial charge in [-0.15, -0.1) is 0 Å². The van der Waals surface area contributed by atoms with Crippen molar-refractivity contribution in [3.8, 4) is 5.75 Å². The quantitative estimate of drug-likeness (QED) is 0.825. The molecule has 0 unspecified atom stereocenters. The fourth-order valence-corrected chi connectivity index (χ4v) is 2.18. The summed E-state index contributed by atoms with van der Waals surface area (Å²) in [7, 11) is 1.32. The Hall–Kier alpha value is -2.82. The molecular weight excluding hydrogens is 306 g/mol. The average Bonchev–Trinajstić information content (AvgIpc) is 2.57. The van der Waals surface area contributed by atoms with E-state index in [0.29, 0.717) is 11.3 Å². The number of benzene rings is 2. The number of carbonyl (C=O) groups is 2. The van der Waals surface area contributed by atoms with Crippen molar-refractivity contribution >= 4 is 17.6 Å². The van der Waals surface area contributed by atoms with E-state index in [1.807, 2.05) is 32.0 Å². The monoisotopic (exact) mass is 327 g/mol. The molecule has 0 fully saturated rings. The number of aryl methyl sites for hydroxylation is 2. The molecule has 1 amide bonds. The minimum Gasteiger partial charge on any atom is -0.493 e. The molecule has 0 aliphatic carbocycles. The molecule has 24 heavy (non-hydrogen) atoms. The molecule has 0 atom stereocenters. The van der Waals surface area contributed by atoms with Crippen LogP contribution in [0.1, 0.15) is 27.9 Å². The average molecular weight is 327 g/mol. The third-order valence-electron chi connectivity index (χ3n) is 3.50. The molecule has 0 aliphatic heterocycles. The third kappa shape index (κ3) is 4.84. The van der Waals surface area contributed by atoms with Crippen molar-refractivity contribution < 1.29 is 19.1 Å². The Balaban J connectivity index is 1.87. The van der Waals surface area contributed by atoms with Crippen LogP contribution in [0.2, 0.25) is 0 Å². The molecule has 0 radical (unpaired) electrons. The van der Waals surface area contributed by atoms with Crippen LogP contribution in [0.5, 0.6) is 5.75 Å². The van der Waals surface area contributed by atoms with Crippen LogP contribution in [0.3, 0.4) is 0 Å². The van der Waals surface area contributed by atoms with Gasteiger partial charge < -0.3 is 14.8 Å². The van der Waals surface area contributed by atoms with Crippen molar-refractivity contribution in [2.24, 2.45) is 0 Å². The second kappa shape index (κ2) is 8.15. The van der Waals surface area contributed by atoms with Crippen LogP contribution < -0.4 is 10.1 Å². The molecular formula is C19H21NO4. The summed E-state index contributed by atoms with van der Waals surface area (Å²) >= 11 is 0. The SMILES string of the molecule is COC(=O)c1cccc(NC(=O)CCOc2cc(C)ccc2C)c1. The first kappa shape index (κ1) is 17.5. The summed E-state index contributed by atoms with van der Waals surface area (Å²) in [6.07, 6.45) is 0.218. The summed E-state index contributed by atoms with van der Waals surface area (Å²) in [5.74, 6) is 0.169. The minimum absolute atomic E-state index is 0.178. The Labute approximate surface area is 141 Å². The molecule has 5 heteroatoms. The zero-order chi connectivity index (χ0) is 17.5. The number of carbonyl (C=O) groups excluding carboxylic acids is 2. The van der Waals surface area contributed by atoms with Crippen LogP contribution in [0.15, 0.2) is 42.5 Å². The van der Waals surface area contributed by atoms with Crippen molar-refractivity contribution in [3.63, 3.8) is 0 Å². The van der Waals surface area contributed by atoms with Crippen molar-refractivity contribution in [1.29, 1.82) is 0 Å². The normalized spacial score (nSPS) is 10.1. The summed E-state index contributed by atoms with van der Waals surface area (Å²) in [6, 6.07) is 12.6. The van der Waals surface area contributed by atoms with Crippen LogP contribution in [-0.2, 0) is 9.53 Å². The van der Waals surface area contributed by atoms with Crippen LogP contribution in [-0.4, -0.2) is 25.6 Å². The number of ether oxygens (including phenoxy) is 2. The molecule has 0 aliphatic rings. The molecule has 0 saturated heterocycles. The van der Waals surface area contributed by atoms with Crippen molar-refractivity contribution in [3.05, 3.63) is 59.2 Å². The van der Waals surface area contributed by atoms with Crippen LogP contribution in [0.4, 0.5) is 5.69 Å². The summed E-state index contributed by atoms with van der Waals surface area (Å²) in [5, 5.41) is 2.75. The predicted octanol–water partition coefficient (Wildman–Crippen LogP) is 3.50. The van der Waals surface area contributed by atoms with E-state index in [-0.39, 0.29) is 18.9 Å². The van der Waals surface area contributed by atoms with E-state index in [0.717, 1.165) is 16.9 Å². The molecule has 5 nitrogen and oxygen atoms in total. The molecule has 2 aromatic rings. The number of esters is 1. The summed E-state index contributed by atoms with van der Waals surface area (Å²) < 4.78 is 10.3. The number of methoxy groups -OCH3 is 1. The lowest BCUT2D eigenvalue weighted by molar-refractivity contribution is -0.116. The predicted molar refractivity (Wildman–Crippen MR) is 92.4 cm³/mol. The standard InChI is InChI=1S/C19H21NO4/c1-13-7-8-14(2)17(11-13)24-10-9-18(21)20-16-6-4-5-15(12-16)19(22)23-3/h4-8,11-12H,9-10H2,1-3H3,(H,20,21). The zero-order valence-corrected chi connectivity index (χ0v) is 14.1. The van der Waals surface area contributed by atoms with Gasteiger partial charge in [-0.1, -0.05) is 18.2 Å². The smallest absolute Gasteiger partial charge is 0.337 e. The lowest BCUT2D eigenvalue weighted by Gasteiger charge is -2.10. The molecule has 0 bridgehead atoms. The van der Waals surface area contributed by atoms with Gasteiger partial charge in [-0.25, -0.2) is 4.79 Å². The molecule has 2 aromatic carbocycles. The number of hydrogen-bond acceptors (Lipinski definition) is 4. The first-order valence-electron chi connectivity index (χ1n) is 7.68. The topological polar surface area (TPSA) is 64.6 Å². The Morgan fingerprint density at radius 1 is 1.08 bits per heavy atom. The molecule has 0 aromatic heterocycles. The number of hydrogen-bond donors (Lipinski definition) is 1. The summed E-state index contributed by atoms with van der Waals surface area (Å²) in [4.78, 5) is 23.5. The van der Waals surface area contributed by atoms with Crippen LogP contribution >= 0.6 is 0 Å². The molecule has 0 heterocycles. The summed E-state index contributed by atoms with van der Waals surface area (Å²) in [5.41, 5.74) is 3.09. The lowest BCUT2D eigenvalue weighted by Crippen LogP contribution is -2.15. The van der Waals surface area contributed by atoms with Gasteiger partial charge in [0.15, 0.2) is 0 Å². The van der Waals surface area contributed by atoms with E-state index in [9.17, 15) is 9.59 Å². The number of anilines is 1. The highest BCUT2D eigenvalue weighted by Crippen LogP contribution is 2.19. The van der Waals surface area contributed by atoms with Gasteiger partial charge in [-0.3, -0.25) is 4.79 Å². The van der Waals surface area contributed by atoms with Gasteiger partial charge >= 0.3 is 5.97 Å². The fourth-order valence-electron chi connectivity index (χ4n) is 2.18. The first-order chi connectivity index (χ1) is 11.5. The van der Waals surface area contributed by atoms with Crippen molar-refractivity contribution in [2.75, 3.05) is 19.0 Å². The van der Waals surface area contributed by atoms with Gasteiger partial charge in [0.05, 0.1) is 25.7 Å².